The standard InChI is InChI=1S/C19H17F2NO3/c1-18(2,3)25-17(24)22-15-7-5-4-6-14(15)19(21,16(22)23)12-8-10-13(20)11-9-12/h4-11H,1-3H3/t19-/m1/s1. The Morgan fingerprint density at radius 2 is 1.68 bits per heavy atom. The summed E-state index contributed by atoms with van der Waals surface area (Å²) in [7, 11) is 0. The number of imide groups is 1. The van der Waals surface area contributed by atoms with Crippen LogP contribution in [0, 0.1) is 5.82 Å². The van der Waals surface area contributed by atoms with E-state index in [2.05, 4.69) is 0 Å². The third-order valence-corrected chi connectivity index (χ3v) is 3.83. The van der Waals surface area contributed by atoms with Crippen molar-refractivity contribution in [1.29, 1.82) is 0 Å². The Balaban J connectivity index is 2.12. The van der Waals surface area contributed by atoms with Gasteiger partial charge in [0.15, 0.2) is 0 Å². The van der Waals surface area contributed by atoms with Crippen LogP contribution in [0.4, 0.5) is 19.3 Å². The van der Waals surface area contributed by atoms with E-state index in [9.17, 15) is 14.0 Å². The van der Waals surface area contributed by atoms with E-state index in [4.69, 9.17) is 4.74 Å². The second kappa shape index (κ2) is 5.65. The maximum absolute atomic E-state index is 15.9. The van der Waals surface area contributed by atoms with E-state index in [0.29, 0.717) is 4.90 Å². The third kappa shape index (κ3) is 2.77. The molecule has 0 saturated carbocycles. The summed E-state index contributed by atoms with van der Waals surface area (Å²) < 4.78 is 34.3. The van der Waals surface area contributed by atoms with Crippen molar-refractivity contribution in [2.45, 2.75) is 32.0 Å². The number of carbonyl (C=O) groups is 2. The lowest BCUT2D eigenvalue weighted by atomic mass is 9.89. The van der Waals surface area contributed by atoms with Crippen LogP contribution in [0.15, 0.2) is 48.5 Å². The van der Waals surface area contributed by atoms with Gasteiger partial charge in [0.25, 0.3) is 5.91 Å². The molecule has 2 aromatic carbocycles. The van der Waals surface area contributed by atoms with Gasteiger partial charge in [0.2, 0.25) is 5.67 Å². The van der Waals surface area contributed by atoms with Gasteiger partial charge in [0.1, 0.15) is 11.4 Å². The quantitative estimate of drug-likeness (QED) is 0.773. The molecule has 0 aromatic heterocycles. The normalized spacial score (nSPS) is 19.7. The average molecular weight is 345 g/mol. The Morgan fingerprint density at radius 3 is 2.28 bits per heavy atom. The molecule has 0 N–H and O–H groups in total. The van der Waals surface area contributed by atoms with E-state index in [0.717, 1.165) is 12.1 Å². The molecule has 1 atom stereocenters. The van der Waals surface area contributed by atoms with Gasteiger partial charge in [-0.3, -0.25) is 4.79 Å². The lowest BCUT2D eigenvalue weighted by Gasteiger charge is -2.24. The smallest absolute Gasteiger partial charge is 0.421 e. The molecule has 1 heterocycles. The predicted octanol–water partition coefficient (Wildman–Crippen LogP) is 4.32. The van der Waals surface area contributed by atoms with Gasteiger partial charge < -0.3 is 4.74 Å². The Hall–Kier alpha value is -2.76. The number of alkyl halides is 1. The maximum atomic E-state index is 15.9. The first-order valence-electron chi connectivity index (χ1n) is 7.76. The summed E-state index contributed by atoms with van der Waals surface area (Å²) >= 11 is 0. The highest BCUT2D eigenvalue weighted by Gasteiger charge is 2.55. The summed E-state index contributed by atoms with van der Waals surface area (Å²) in [4.78, 5) is 26.0. The first-order valence-corrected chi connectivity index (χ1v) is 7.76. The predicted molar refractivity (Wildman–Crippen MR) is 88.5 cm³/mol. The number of para-hydroxylation sites is 1. The van der Waals surface area contributed by atoms with Gasteiger partial charge in [0, 0.05) is 11.1 Å². The van der Waals surface area contributed by atoms with Crippen LogP contribution in [-0.2, 0) is 15.2 Å². The monoisotopic (exact) mass is 345 g/mol. The molecular formula is C19H17F2NO3. The molecule has 1 aliphatic heterocycles. The molecule has 0 saturated heterocycles. The zero-order valence-corrected chi connectivity index (χ0v) is 14.0. The number of nitrogens with zero attached hydrogens (tertiary/aromatic N) is 1. The van der Waals surface area contributed by atoms with Crippen molar-refractivity contribution in [2.24, 2.45) is 0 Å². The van der Waals surface area contributed by atoms with Crippen LogP contribution in [0.2, 0.25) is 0 Å². The number of hydrogen-bond donors (Lipinski definition) is 0. The van der Waals surface area contributed by atoms with E-state index in [1.165, 1.54) is 24.3 Å². The molecule has 130 valence electrons. The number of benzene rings is 2. The van der Waals surface area contributed by atoms with Crippen molar-refractivity contribution in [3.63, 3.8) is 0 Å². The fourth-order valence-corrected chi connectivity index (χ4v) is 2.79. The number of anilines is 1. The lowest BCUT2D eigenvalue weighted by molar-refractivity contribution is -0.126. The lowest BCUT2D eigenvalue weighted by Crippen LogP contribution is -2.44. The Morgan fingerprint density at radius 1 is 1.08 bits per heavy atom. The number of rotatable bonds is 1. The van der Waals surface area contributed by atoms with Gasteiger partial charge in [0.05, 0.1) is 5.69 Å². The first-order chi connectivity index (χ1) is 11.6. The molecule has 6 heteroatoms. The highest BCUT2D eigenvalue weighted by molar-refractivity contribution is 6.21. The molecular weight excluding hydrogens is 328 g/mol. The van der Waals surface area contributed by atoms with Crippen LogP contribution in [0.25, 0.3) is 0 Å². The third-order valence-electron chi connectivity index (χ3n) is 3.83. The van der Waals surface area contributed by atoms with Gasteiger partial charge in [-0.15, -0.1) is 0 Å². The molecule has 3 rings (SSSR count). The zero-order valence-electron chi connectivity index (χ0n) is 14.0. The average Bonchev–Trinajstić information content (AvgIpc) is 2.76. The Bertz CT molecular complexity index is 842. The molecule has 4 nitrogen and oxygen atoms in total. The summed E-state index contributed by atoms with van der Waals surface area (Å²) in [6, 6.07) is 10.6. The van der Waals surface area contributed by atoms with Crippen LogP contribution in [0.5, 0.6) is 0 Å². The molecule has 0 unspecified atom stereocenters. The summed E-state index contributed by atoms with van der Waals surface area (Å²) in [6.45, 7) is 4.96. The second-order valence-corrected chi connectivity index (χ2v) is 6.80. The number of hydrogen-bond acceptors (Lipinski definition) is 3. The molecule has 25 heavy (non-hydrogen) atoms. The minimum atomic E-state index is -2.58. The van der Waals surface area contributed by atoms with Crippen LogP contribution >= 0.6 is 0 Å². The SMILES string of the molecule is CC(C)(C)OC(=O)N1C(=O)[C@@](F)(c2ccc(F)cc2)c2ccccc21. The van der Waals surface area contributed by atoms with E-state index < -0.39 is 29.1 Å². The van der Waals surface area contributed by atoms with Crippen LogP contribution in [0.1, 0.15) is 31.9 Å². The number of carbonyl (C=O) groups excluding carboxylic acids is 2. The second-order valence-electron chi connectivity index (χ2n) is 6.80. The topological polar surface area (TPSA) is 46.6 Å². The van der Waals surface area contributed by atoms with Crippen molar-refractivity contribution in [3.05, 3.63) is 65.5 Å². The van der Waals surface area contributed by atoms with Gasteiger partial charge in [-0.1, -0.05) is 30.3 Å². The summed E-state index contributed by atoms with van der Waals surface area (Å²) in [5, 5.41) is 0. The number of halogens is 2. The van der Waals surface area contributed by atoms with Crippen molar-refractivity contribution < 1.29 is 23.1 Å². The summed E-state index contributed by atoms with van der Waals surface area (Å²) in [5.41, 5.74) is -3.33. The Labute approximate surface area is 144 Å². The minimum Gasteiger partial charge on any atom is -0.443 e. The zero-order chi connectivity index (χ0) is 18.4. The largest absolute Gasteiger partial charge is 0.443 e. The van der Waals surface area contributed by atoms with E-state index >= 15 is 4.39 Å². The highest BCUT2D eigenvalue weighted by Crippen LogP contribution is 2.47. The molecule has 0 fully saturated rings. The molecule has 1 aliphatic rings. The van der Waals surface area contributed by atoms with Crippen molar-refractivity contribution in [1.82, 2.24) is 0 Å². The summed E-state index contributed by atoms with van der Waals surface area (Å²) in [5.74, 6) is -1.62. The van der Waals surface area contributed by atoms with Gasteiger partial charge >= 0.3 is 6.09 Å². The number of ether oxygens (including phenoxy) is 1. The first kappa shape index (κ1) is 17.1. The van der Waals surface area contributed by atoms with Gasteiger partial charge in [-0.25, -0.2) is 18.5 Å². The molecule has 0 radical (unpaired) electrons. The minimum absolute atomic E-state index is 0.0254. The van der Waals surface area contributed by atoms with E-state index in [1.54, 1.807) is 32.9 Å². The summed E-state index contributed by atoms with van der Waals surface area (Å²) in [6.07, 6.45) is -0.952. The van der Waals surface area contributed by atoms with Crippen LogP contribution < -0.4 is 4.90 Å². The Kier molecular flexibility index (Phi) is 3.86. The highest BCUT2D eigenvalue weighted by atomic mass is 19.1. The van der Waals surface area contributed by atoms with Crippen LogP contribution in [-0.4, -0.2) is 17.6 Å². The molecule has 0 spiro atoms. The van der Waals surface area contributed by atoms with E-state index in [-0.39, 0.29) is 16.8 Å². The fourth-order valence-electron chi connectivity index (χ4n) is 2.79. The van der Waals surface area contributed by atoms with Crippen LogP contribution in [0.3, 0.4) is 0 Å². The molecule has 0 bridgehead atoms. The molecule has 2 amide bonds. The molecule has 0 aliphatic carbocycles. The van der Waals surface area contributed by atoms with Crippen molar-refractivity contribution in [2.75, 3.05) is 4.90 Å². The van der Waals surface area contributed by atoms with Crippen molar-refractivity contribution >= 4 is 17.7 Å². The maximum Gasteiger partial charge on any atom is 0.421 e. The van der Waals surface area contributed by atoms with E-state index in [1.807, 2.05) is 0 Å². The fraction of sp³-hybridized carbons (Fsp3) is 0.263. The number of amides is 2. The molecule has 2 aromatic rings. The number of fused-ring (bicyclic) bond motifs is 1. The van der Waals surface area contributed by atoms with Crippen molar-refractivity contribution in [3.8, 4) is 0 Å². The van der Waals surface area contributed by atoms with Gasteiger partial charge in [-0.05, 0) is 39.0 Å². The van der Waals surface area contributed by atoms with Gasteiger partial charge in [-0.2, -0.15) is 0 Å².